The van der Waals surface area contributed by atoms with Crippen molar-refractivity contribution in [3.05, 3.63) is 48.5 Å². The zero-order valence-electron chi connectivity index (χ0n) is 17.7. The third kappa shape index (κ3) is 5.23. The highest BCUT2D eigenvalue weighted by Gasteiger charge is 2.47. The van der Waals surface area contributed by atoms with Gasteiger partial charge in [-0.05, 0) is 12.0 Å². The topological polar surface area (TPSA) is 221 Å². The molecule has 0 saturated carbocycles. The molecule has 8 N–H and O–H groups in total. The Morgan fingerprint density at radius 2 is 2.00 bits per heavy atom. The molecule has 0 aliphatic carbocycles. The molecule has 14 nitrogen and oxygen atoms in total. The van der Waals surface area contributed by atoms with Crippen LogP contribution >= 0.6 is 7.82 Å². The second kappa shape index (κ2) is 9.72. The lowest BCUT2D eigenvalue weighted by Crippen LogP contribution is -2.53. The zero-order chi connectivity index (χ0) is 24.5. The van der Waals surface area contributed by atoms with Crippen LogP contribution in [0.2, 0.25) is 0 Å². The highest BCUT2D eigenvalue weighted by Crippen LogP contribution is 2.39. The third-order valence-electron chi connectivity index (χ3n) is 5.39. The molecule has 3 heterocycles. The lowest BCUT2D eigenvalue weighted by molar-refractivity contribution is -0.124. The number of hydrogen-bond donors (Lipinski definition) is 6. The van der Waals surface area contributed by atoms with Gasteiger partial charge in [-0.25, -0.2) is 19.5 Å². The van der Waals surface area contributed by atoms with Crippen LogP contribution in [0, 0.1) is 0 Å². The fourth-order valence-electron chi connectivity index (χ4n) is 3.75. The van der Waals surface area contributed by atoms with Crippen LogP contribution in [0.4, 0.5) is 5.82 Å². The number of aliphatic hydroxyl groups is 1. The Kier molecular flexibility index (Phi) is 6.91. The van der Waals surface area contributed by atoms with Crippen molar-refractivity contribution in [3.63, 3.8) is 0 Å². The molecule has 3 aromatic rings. The number of hydrogen-bond acceptors (Lipinski definition) is 10. The molecule has 34 heavy (non-hydrogen) atoms. The first kappa shape index (κ1) is 24.2. The Bertz CT molecular complexity index is 1200. The molecule has 0 bridgehead atoms. The molecule has 0 unspecified atom stereocenters. The van der Waals surface area contributed by atoms with Gasteiger partial charge in [-0.2, -0.15) is 0 Å². The van der Waals surface area contributed by atoms with Gasteiger partial charge >= 0.3 is 7.82 Å². The van der Waals surface area contributed by atoms with Gasteiger partial charge in [0.2, 0.25) is 5.91 Å². The molecule has 0 radical (unpaired) electrons. The number of nitrogens with zero attached hydrogens (tertiary/aromatic N) is 4. The first-order chi connectivity index (χ1) is 16.1. The van der Waals surface area contributed by atoms with E-state index in [2.05, 4.69) is 24.8 Å². The number of fused-ring (bicyclic) bond motifs is 1. The van der Waals surface area contributed by atoms with Crippen LogP contribution in [0.3, 0.4) is 0 Å². The number of benzene rings is 1. The van der Waals surface area contributed by atoms with Crippen LogP contribution in [0.15, 0.2) is 43.0 Å². The standard InChI is InChI=1S/C19H24N7O7P/c20-11(6-10-4-2-1-3-5-10)18(28)25-13-12(7-32-34(29,30)31)33-19(15(13)27)26-9-24-14-16(21)22-8-23-17(14)26/h1-5,8-9,11-13,15,19,27H,6-7,20H2,(H,25,28)(H2,21,22,23)(H2,29,30,31)/t11-,12-,13-,15-,19-/m1/s1. The third-order valence-corrected chi connectivity index (χ3v) is 5.87. The lowest BCUT2D eigenvalue weighted by atomic mass is 10.0. The molecular formula is C19H24N7O7P. The van der Waals surface area contributed by atoms with Crippen LogP contribution in [0.5, 0.6) is 0 Å². The van der Waals surface area contributed by atoms with Crippen molar-refractivity contribution in [2.24, 2.45) is 5.73 Å². The zero-order valence-corrected chi connectivity index (χ0v) is 18.6. The minimum absolute atomic E-state index is 0.120. The number of phosphoric acid groups is 1. The quantitative estimate of drug-likeness (QED) is 0.204. The number of anilines is 1. The van der Waals surface area contributed by atoms with Crippen molar-refractivity contribution < 1.29 is 33.5 Å². The van der Waals surface area contributed by atoms with E-state index in [4.69, 9.17) is 26.0 Å². The van der Waals surface area contributed by atoms with E-state index < -0.39 is 50.9 Å². The van der Waals surface area contributed by atoms with E-state index in [1.807, 2.05) is 30.3 Å². The predicted molar refractivity (Wildman–Crippen MR) is 118 cm³/mol. The highest BCUT2D eigenvalue weighted by atomic mass is 31.2. The van der Waals surface area contributed by atoms with Gasteiger partial charge in [-0.3, -0.25) is 13.9 Å². The van der Waals surface area contributed by atoms with Crippen molar-refractivity contribution in [1.29, 1.82) is 0 Å². The summed E-state index contributed by atoms with van der Waals surface area (Å²) < 4.78 is 23.0. The number of nitrogen functional groups attached to an aromatic ring is 1. The lowest BCUT2D eigenvalue weighted by Gasteiger charge is -2.23. The summed E-state index contributed by atoms with van der Waals surface area (Å²) in [6.07, 6.45) is -0.834. The van der Waals surface area contributed by atoms with Crippen LogP contribution < -0.4 is 16.8 Å². The Balaban J connectivity index is 1.55. The Morgan fingerprint density at radius 1 is 1.26 bits per heavy atom. The number of aromatic nitrogens is 4. The van der Waals surface area contributed by atoms with E-state index in [0.717, 1.165) is 5.56 Å². The highest BCUT2D eigenvalue weighted by molar-refractivity contribution is 7.46. The average Bonchev–Trinajstić information content (AvgIpc) is 3.35. The van der Waals surface area contributed by atoms with Crippen molar-refractivity contribution in [3.8, 4) is 0 Å². The van der Waals surface area contributed by atoms with E-state index in [-0.39, 0.29) is 23.4 Å². The van der Waals surface area contributed by atoms with E-state index >= 15 is 0 Å². The number of rotatable bonds is 8. The number of carbonyl (C=O) groups excluding carboxylic acids is 1. The van der Waals surface area contributed by atoms with Gasteiger partial charge < -0.3 is 36.4 Å². The van der Waals surface area contributed by atoms with E-state index in [1.54, 1.807) is 0 Å². The van der Waals surface area contributed by atoms with Crippen molar-refractivity contribution >= 4 is 30.7 Å². The van der Waals surface area contributed by atoms with Gasteiger partial charge in [0.05, 0.1) is 25.0 Å². The van der Waals surface area contributed by atoms with Gasteiger partial charge in [0.25, 0.3) is 0 Å². The average molecular weight is 493 g/mol. The minimum Gasteiger partial charge on any atom is -0.386 e. The number of amides is 1. The summed E-state index contributed by atoms with van der Waals surface area (Å²) in [5.74, 6) is -0.463. The maximum atomic E-state index is 12.8. The molecule has 1 amide bonds. The van der Waals surface area contributed by atoms with Gasteiger partial charge in [-0.1, -0.05) is 30.3 Å². The summed E-state index contributed by atoms with van der Waals surface area (Å²) in [6, 6.07) is 7.07. The van der Waals surface area contributed by atoms with Gasteiger partial charge in [0, 0.05) is 0 Å². The number of aliphatic hydroxyl groups excluding tert-OH is 1. The Morgan fingerprint density at radius 3 is 2.71 bits per heavy atom. The normalized spacial score (nSPS) is 23.8. The molecule has 1 aliphatic heterocycles. The summed E-state index contributed by atoms with van der Waals surface area (Å²) in [4.78, 5) is 43.1. The van der Waals surface area contributed by atoms with Crippen LogP contribution in [-0.2, 0) is 25.0 Å². The second-order valence-electron chi connectivity index (χ2n) is 7.76. The van der Waals surface area contributed by atoms with Gasteiger partial charge in [0.1, 0.15) is 24.1 Å². The largest absolute Gasteiger partial charge is 0.469 e. The monoisotopic (exact) mass is 493 g/mol. The summed E-state index contributed by atoms with van der Waals surface area (Å²) in [6.45, 7) is -0.611. The Labute approximate surface area is 193 Å². The maximum absolute atomic E-state index is 12.8. The molecule has 0 spiro atoms. The number of ether oxygens (including phenoxy) is 1. The van der Waals surface area contributed by atoms with E-state index in [1.165, 1.54) is 17.2 Å². The molecule has 4 rings (SSSR count). The molecule has 2 aromatic heterocycles. The van der Waals surface area contributed by atoms with Crippen LogP contribution in [0.25, 0.3) is 11.2 Å². The molecule has 1 aromatic carbocycles. The molecular weight excluding hydrogens is 469 g/mol. The summed E-state index contributed by atoms with van der Waals surface area (Å²) in [5.41, 5.74) is 13.2. The SMILES string of the molecule is Nc1ncnc2c1ncn2[C@@H]1O[C@H](COP(=O)(O)O)[C@@H](NC(=O)[C@H](N)Cc2ccccc2)[C@H]1O. The fourth-order valence-corrected chi connectivity index (χ4v) is 4.09. The fraction of sp³-hybridized carbons (Fsp3) is 0.368. The molecule has 182 valence electrons. The molecule has 15 heteroatoms. The van der Waals surface area contributed by atoms with E-state index in [9.17, 15) is 14.5 Å². The minimum atomic E-state index is -4.84. The smallest absolute Gasteiger partial charge is 0.386 e. The number of nitrogens with two attached hydrogens (primary N) is 2. The molecule has 5 atom stereocenters. The predicted octanol–water partition coefficient (Wildman–Crippen LogP) is -1.17. The Hall–Kier alpha value is -2.97. The first-order valence-electron chi connectivity index (χ1n) is 10.2. The van der Waals surface area contributed by atoms with Crippen LogP contribution in [-0.4, -0.2) is 71.2 Å². The number of phosphoric ester groups is 1. The van der Waals surface area contributed by atoms with Crippen molar-refractivity contribution in [1.82, 2.24) is 24.8 Å². The molecule has 1 saturated heterocycles. The summed E-state index contributed by atoms with van der Waals surface area (Å²) in [5, 5.41) is 13.6. The van der Waals surface area contributed by atoms with Crippen molar-refractivity contribution in [2.75, 3.05) is 12.3 Å². The summed E-state index contributed by atoms with van der Waals surface area (Å²) in [7, 11) is -4.84. The maximum Gasteiger partial charge on any atom is 0.469 e. The van der Waals surface area contributed by atoms with Gasteiger partial charge in [0.15, 0.2) is 17.7 Å². The number of nitrogens with one attached hydrogen (secondary N) is 1. The molecule has 1 aliphatic rings. The van der Waals surface area contributed by atoms with E-state index in [0.29, 0.717) is 0 Å². The number of carbonyl (C=O) groups is 1. The van der Waals surface area contributed by atoms with Crippen molar-refractivity contribution in [2.45, 2.75) is 36.9 Å². The van der Waals surface area contributed by atoms with Gasteiger partial charge in [-0.15, -0.1) is 0 Å². The van der Waals surface area contributed by atoms with Crippen LogP contribution in [0.1, 0.15) is 11.8 Å². The molecule has 1 fully saturated rings. The number of imidazole rings is 1. The second-order valence-corrected chi connectivity index (χ2v) is 8.99. The summed E-state index contributed by atoms with van der Waals surface area (Å²) >= 11 is 0. The first-order valence-corrected chi connectivity index (χ1v) is 11.7.